The molecule has 3 aromatic heterocycles. The summed E-state index contributed by atoms with van der Waals surface area (Å²) in [5, 5.41) is 96.2. The Balaban J connectivity index is 1.34. The van der Waals surface area contributed by atoms with E-state index in [-0.39, 0.29) is 16.9 Å². The fourth-order valence-corrected chi connectivity index (χ4v) is 4.95. The second-order valence-electron chi connectivity index (χ2n) is 10.5. The summed E-state index contributed by atoms with van der Waals surface area (Å²) in [7, 11) is 1.77. The molecule has 4 heterocycles. The third kappa shape index (κ3) is 4.76. The largest absolute Gasteiger partial charge is 0.457 e. The SMILES string of the molecule is C=CC(=O)N1C(O)(O)C(O)(O)N(c2ncc3ncnc(Nc4ccc(Oc5ccc6c(c5)nnn6C)c(C)c4)c3n2)C(O)(O)C1(O)O. The van der Waals surface area contributed by atoms with Gasteiger partial charge in [-0.25, -0.2) is 34.4 Å². The molecular formula is C27H26N10O10. The van der Waals surface area contributed by atoms with Crippen LogP contribution < -0.4 is 15.0 Å². The van der Waals surface area contributed by atoms with Crippen LogP contribution in [0.1, 0.15) is 5.56 Å². The molecule has 0 saturated carbocycles. The number of amides is 1. The molecule has 20 heteroatoms. The lowest BCUT2D eigenvalue weighted by Crippen LogP contribution is -2.91. The number of nitrogens with zero attached hydrogens (tertiary/aromatic N) is 9. The predicted molar refractivity (Wildman–Crippen MR) is 156 cm³/mol. The van der Waals surface area contributed by atoms with Crippen molar-refractivity contribution in [3.63, 3.8) is 0 Å². The van der Waals surface area contributed by atoms with E-state index in [4.69, 9.17) is 4.74 Å². The van der Waals surface area contributed by atoms with Crippen molar-refractivity contribution in [3.8, 4) is 11.5 Å². The number of benzene rings is 2. The predicted octanol–water partition coefficient (Wildman–Crippen LogP) is -2.07. The van der Waals surface area contributed by atoms with Gasteiger partial charge in [0.1, 0.15) is 34.4 Å². The van der Waals surface area contributed by atoms with Crippen LogP contribution in [0.4, 0.5) is 17.5 Å². The monoisotopic (exact) mass is 650 g/mol. The van der Waals surface area contributed by atoms with Gasteiger partial charge in [0, 0.05) is 18.8 Å². The fraction of sp³-hybridized carbons (Fsp3) is 0.222. The quantitative estimate of drug-likeness (QED) is 0.0704. The molecule has 9 N–H and O–H groups in total. The molecule has 5 aromatic rings. The molecule has 20 nitrogen and oxygen atoms in total. The van der Waals surface area contributed by atoms with Crippen LogP contribution in [0.25, 0.3) is 22.1 Å². The maximum atomic E-state index is 12.2. The lowest BCUT2D eigenvalue weighted by Gasteiger charge is -2.59. The second kappa shape index (κ2) is 10.5. The minimum Gasteiger partial charge on any atom is -0.457 e. The normalized spacial score (nSPS) is 17.9. The highest BCUT2D eigenvalue weighted by Gasteiger charge is 2.79. The number of nitrogens with one attached hydrogen (secondary N) is 1. The molecule has 0 radical (unpaired) electrons. The zero-order valence-corrected chi connectivity index (χ0v) is 24.3. The molecule has 6 rings (SSSR count). The maximum Gasteiger partial charge on any atom is 0.333 e. The van der Waals surface area contributed by atoms with Gasteiger partial charge in [-0.05, 0) is 48.9 Å². The highest BCUT2D eigenvalue weighted by atomic mass is 16.7. The first-order valence-corrected chi connectivity index (χ1v) is 13.4. The van der Waals surface area contributed by atoms with Gasteiger partial charge < -0.3 is 50.9 Å². The third-order valence-electron chi connectivity index (χ3n) is 7.35. The third-order valence-corrected chi connectivity index (χ3v) is 7.35. The fourth-order valence-electron chi connectivity index (χ4n) is 4.95. The summed E-state index contributed by atoms with van der Waals surface area (Å²) >= 11 is 0. The van der Waals surface area contributed by atoms with Gasteiger partial charge in [0.2, 0.25) is 5.95 Å². The summed E-state index contributed by atoms with van der Waals surface area (Å²) in [6.07, 6.45) is 2.41. The number of fused-ring (bicyclic) bond motifs is 2. The van der Waals surface area contributed by atoms with Gasteiger partial charge in [0.15, 0.2) is 5.82 Å². The number of anilines is 3. The van der Waals surface area contributed by atoms with Gasteiger partial charge in [-0.3, -0.25) is 4.79 Å². The van der Waals surface area contributed by atoms with E-state index in [2.05, 4.69) is 42.1 Å². The average Bonchev–Trinajstić information content (AvgIpc) is 3.37. The van der Waals surface area contributed by atoms with Gasteiger partial charge in [-0.15, -0.1) is 5.10 Å². The Morgan fingerprint density at radius 2 is 1.62 bits per heavy atom. The molecule has 1 saturated heterocycles. The van der Waals surface area contributed by atoms with E-state index in [9.17, 15) is 45.6 Å². The van der Waals surface area contributed by atoms with Crippen LogP contribution in [0.3, 0.4) is 0 Å². The molecule has 244 valence electrons. The Hall–Kier alpha value is -5.45. The molecule has 0 unspecified atom stereocenters. The Morgan fingerprint density at radius 3 is 2.28 bits per heavy atom. The van der Waals surface area contributed by atoms with Crippen molar-refractivity contribution in [1.29, 1.82) is 0 Å². The van der Waals surface area contributed by atoms with Crippen LogP contribution >= 0.6 is 0 Å². The van der Waals surface area contributed by atoms with Crippen molar-refractivity contribution in [1.82, 2.24) is 39.8 Å². The zero-order valence-electron chi connectivity index (χ0n) is 24.3. The Labute approximate surface area is 262 Å². The molecule has 47 heavy (non-hydrogen) atoms. The first kappa shape index (κ1) is 31.5. The molecule has 1 amide bonds. The molecule has 0 aliphatic carbocycles. The van der Waals surface area contributed by atoms with E-state index >= 15 is 0 Å². The highest BCUT2D eigenvalue weighted by molar-refractivity contribution is 5.89. The van der Waals surface area contributed by atoms with E-state index in [1.165, 1.54) is 0 Å². The van der Waals surface area contributed by atoms with Gasteiger partial charge in [0.05, 0.1) is 11.7 Å². The van der Waals surface area contributed by atoms with E-state index < -0.39 is 45.3 Å². The number of carbonyl (C=O) groups excluding carboxylic acids is 1. The van der Waals surface area contributed by atoms with Crippen molar-refractivity contribution in [2.75, 3.05) is 10.2 Å². The summed E-state index contributed by atoms with van der Waals surface area (Å²) in [5.41, 5.74) is 2.47. The molecule has 1 fully saturated rings. The summed E-state index contributed by atoms with van der Waals surface area (Å²) in [5.74, 6) is -19.1. The number of aromatic nitrogens is 7. The van der Waals surface area contributed by atoms with E-state index in [0.717, 1.165) is 18.0 Å². The lowest BCUT2D eigenvalue weighted by atomic mass is 10.1. The standard InChI is InChI=1S/C27H26N10O10/c1-4-20(38)36-24(39,40)26(43,44)37(27(45,46)25(36,41)42)23-28-11-17-21(32-23)22(30-12-29-17)31-14-5-8-19(13(2)9-14)47-15-6-7-18-16(10-15)33-34-35(18)3/h4-12,39-46H,1H2,2-3H3,(H,29,30,31). The number of piperazine rings is 1. The van der Waals surface area contributed by atoms with Crippen molar-refractivity contribution in [2.24, 2.45) is 7.05 Å². The molecule has 1 aliphatic heterocycles. The Bertz CT molecular complexity index is 2040. The van der Waals surface area contributed by atoms with Crippen LogP contribution in [0.2, 0.25) is 0 Å². The number of carbonyl (C=O) groups is 1. The number of hydrogen-bond acceptors (Lipinski definition) is 18. The van der Waals surface area contributed by atoms with Crippen LogP contribution in [0.5, 0.6) is 11.5 Å². The first-order chi connectivity index (χ1) is 22.0. The molecule has 0 atom stereocenters. The van der Waals surface area contributed by atoms with Crippen LogP contribution in [-0.4, -0.2) is 110 Å². The van der Waals surface area contributed by atoms with E-state index in [1.807, 2.05) is 6.07 Å². The maximum absolute atomic E-state index is 12.2. The Kier molecular flexibility index (Phi) is 7.08. The summed E-state index contributed by atoms with van der Waals surface area (Å²) < 4.78 is 7.66. The van der Waals surface area contributed by atoms with E-state index in [1.54, 1.807) is 49.0 Å². The van der Waals surface area contributed by atoms with Crippen molar-refractivity contribution < 1.29 is 50.4 Å². The minimum atomic E-state index is -4.33. The van der Waals surface area contributed by atoms with Crippen LogP contribution in [0, 0.1) is 6.92 Å². The number of hydrogen-bond donors (Lipinski definition) is 9. The van der Waals surface area contributed by atoms with Crippen molar-refractivity contribution in [2.45, 2.75) is 30.6 Å². The second-order valence-corrected chi connectivity index (χ2v) is 10.5. The number of aliphatic hydroxyl groups is 8. The van der Waals surface area contributed by atoms with Crippen molar-refractivity contribution >= 4 is 45.4 Å². The molecule has 2 aromatic carbocycles. The van der Waals surface area contributed by atoms with Gasteiger partial charge in [0.25, 0.3) is 5.91 Å². The first-order valence-electron chi connectivity index (χ1n) is 13.4. The van der Waals surface area contributed by atoms with Gasteiger partial charge in [-0.1, -0.05) is 11.8 Å². The highest BCUT2D eigenvalue weighted by Crippen LogP contribution is 2.45. The molecule has 0 spiro atoms. The number of rotatable bonds is 6. The van der Waals surface area contributed by atoms with E-state index in [0.29, 0.717) is 34.3 Å². The van der Waals surface area contributed by atoms with Gasteiger partial charge in [-0.2, -0.15) is 0 Å². The lowest BCUT2D eigenvalue weighted by molar-refractivity contribution is -0.535. The smallest absolute Gasteiger partial charge is 0.333 e. The topological polar surface area (TPSA) is 289 Å². The minimum absolute atomic E-state index is 0.0261. The summed E-state index contributed by atoms with van der Waals surface area (Å²) in [4.78, 5) is 26.7. The number of ether oxygens (including phenoxy) is 1. The zero-order chi connectivity index (χ0) is 34.1. The average molecular weight is 651 g/mol. The summed E-state index contributed by atoms with van der Waals surface area (Å²) in [6, 6.07) is 10.4. The van der Waals surface area contributed by atoms with Crippen LogP contribution in [-0.2, 0) is 11.8 Å². The molecule has 0 bridgehead atoms. The number of aryl methyl sites for hydroxylation is 2. The molecular weight excluding hydrogens is 624 g/mol. The van der Waals surface area contributed by atoms with Gasteiger partial charge >= 0.3 is 23.6 Å². The Morgan fingerprint density at radius 1 is 0.915 bits per heavy atom. The molecule has 1 aliphatic rings. The van der Waals surface area contributed by atoms with Crippen molar-refractivity contribution in [3.05, 3.63) is 67.1 Å². The van der Waals surface area contributed by atoms with Crippen LogP contribution in [0.15, 0.2) is 61.6 Å². The summed E-state index contributed by atoms with van der Waals surface area (Å²) in [6.45, 7) is 4.81.